The molecule has 0 saturated carbocycles. The molecule has 0 aliphatic heterocycles. The Bertz CT molecular complexity index is 778. The van der Waals surface area contributed by atoms with Gasteiger partial charge < -0.3 is 14.8 Å². The molecule has 1 unspecified atom stereocenters. The van der Waals surface area contributed by atoms with E-state index in [2.05, 4.69) is 10.3 Å². The van der Waals surface area contributed by atoms with Gasteiger partial charge in [0.2, 0.25) is 5.30 Å². The molecule has 0 aliphatic carbocycles. The number of pyridine rings is 1. The zero-order chi connectivity index (χ0) is 19.1. The number of hydrogen-bond acceptors (Lipinski definition) is 5. The molecule has 2 rings (SSSR count). The summed E-state index contributed by atoms with van der Waals surface area (Å²) in [6, 6.07) is 7.93. The summed E-state index contributed by atoms with van der Waals surface area (Å²) in [6.07, 6.45) is 2.06. The van der Waals surface area contributed by atoms with E-state index in [4.69, 9.17) is 14.4 Å². The topological polar surface area (TPSA) is 97.8 Å². The minimum atomic E-state index is -2.45. The normalized spacial score (nSPS) is 11.2. The van der Waals surface area contributed by atoms with E-state index in [0.29, 0.717) is 23.7 Å². The first-order valence-electron chi connectivity index (χ1n) is 8.27. The lowest BCUT2D eigenvalue weighted by atomic mass is 10.2. The van der Waals surface area contributed by atoms with Crippen LogP contribution in [0, 0.1) is 0 Å². The molecule has 2 N–H and O–H groups in total. The zero-order valence-corrected chi connectivity index (χ0v) is 15.8. The van der Waals surface area contributed by atoms with Crippen LogP contribution < -0.4 is 20.1 Å². The summed E-state index contributed by atoms with van der Waals surface area (Å²) in [6.45, 7) is 6.33. The molecule has 1 heterocycles. The molecule has 8 heteroatoms. The highest BCUT2D eigenvalue weighted by Crippen LogP contribution is 2.25. The molecular weight excluding hydrogens is 355 g/mol. The average Bonchev–Trinajstić information content (AvgIpc) is 2.59. The van der Waals surface area contributed by atoms with Gasteiger partial charge >= 0.3 is 8.03 Å². The summed E-state index contributed by atoms with van der Waals surface area (Å²) >= 11 is 0. The monoisotopic (exact) mass is 377 g/mol. The van der Waals surface area contributed by atoms with Crippen LogP contribution in [-0.2, 0) is 4.57 Å². The fourth-order valence-corrected chi connectivity index (χ4v) is 2.47. The summed E-state index contributed by atoms with van der Waals surface area (Å²) in [5.74, 6) is 0.992. The van der Waals surface area contributed by atoms with Crippen LogP contribution >= 0.6 is 8.03 Å². The molecule has 138 valence electrons. The van der Waals surface area contributed by atoms with Gasteiger partial charge in [0.1, 0.15) is 17.3 Å². The van der Waals surface area contributed by atoms with Gasteiger partial charge in [0.05, 0.1) is 18.9 Å². The summed E-state index contributed by atoms with van der Waals surface area (Å²) in [7, 11) is -2.45. The highest BCUT2D eigenvalue weighted by molar-refractivity contribution is 7.47. The van der Waals surface area contributed by atoms with Crippen molar-refractivity contribution in [2.75, 3.05) is 11.9 Å². The summed E-state index contributed by atoms with van der Waals surface area (Å²) < 4.78 is 22.3. The van der Waals surface area contributed by atoms with E-state index in [9.17, 15) is 9.36 Å². The lowest BCUT2D eigenvalue weighted by Crippen LogP contribution is -2.15. The molecule has 0 radical (unpaired) electrons. The van der Waals surface area contributed by atoms with Crippen molar-refractivity contribution in [1.29, 1.82) is 0 Å². The molecule has 0 spiro atoms. The number of anilines is 1. The Labute approximate surface area is 153 Å². The second-order valence-electron chi connectivity index (χ2n) is 5.84. The lowest BCUT2D eigenvalue weighted by Gasteiger charge is -2.14. The van der Waals surface area contributed by atoms with Crippen LogP contribution in [0.2, 0.25) is 0 Å². The lowest BCUT2D eigenvalue weighted by molar-refractivity contribution is 0.102. The number of carbonyl (C=O) groups excluding carboxylic acids is 1. The molecule has 1 atom stereocenters. The summed E-state index contributed by atoms with van der Waals surface area (Å²) in [5.41, 5.74) is 0.369. The van der Waals surface area contributed by atoms with E-state index < -0.39 is 8.03 Å². The number of amides is 1. The maximum atomic E-state index is 12.5. The average molecular weight is 377 g/mol. The van der Waals surface area contributed by atoms with Crippen molar-refractivity contribution in [2.45, 2.75) is 33.3 Å². The fraction of sp³-hybridized carbons (Fsp3) is 0.333. The number of rotatable bonds is 8. The third kappa shape index (κ3) is 5.79. The fourth-order valence-electron chi connectivity index (χ4n) is 2.11. The van der Waals surface area contributed by atoms with Crippen LogP contribution in [-0.4, -0.2) is 28.5 Å². The van der Waals surface area contributed by atoms with Crippen molar-refractivity contribution in [3.63, 3.8) is 0 Å². The Morgan fingerprint density at radius 2 is 2.00 bits per heavy atom. The minimum Gasteiger partial charge on any atom is -0.493 e. The van der Waals surface area contributed by atoms with E-state index in [1.807, 2.05) is 20.8 Å². The van der Waals surface area contributed by atoms with Crippen LogP contribution in [0.15, 0.2) is 36.5 Å². The number of hydrogen-bond donors (Lipinski definition) is 2. The summed E-state index contributed by atoms with van der Waals surface area (Å²) in [4.78, 5) is 25.5. The Kier molecular flexibility index (Phi) is 7.06. The highest BCUT2D eigenvalue weighted by atomic mass is 31.1. The molecule has 2 aromatic rings. The van der Waals surface area contributed by atoms with Crippen molar-refractivity contribution >= 4 is 25.1 Å². The predicted octanol–water partition coefficient (Wildman–Crippen LogP) is 3.27. The van der Waals surface area contributed by atoms with Crippen LogP contribution in [0.3, 0.4) is 0 Å². The Morgan fingerprint density at radius 3 is 2.58 bits per heavy atom. The van der Waals surface area contributed by atoms with Crippen molar-refractivity contribution in [3.8, 4) is 11.5 Å². The third-order valence-electron chi connectivity index (χ3n) is 3.20. The Morgan fingerprint density at radius 1 is 1.27 bits per heavy atom. The SMILES string of the molecule is CCCOc1cc(OC(C)C)cc(C(=O)Nc2ccc([P+](=O)O)cn2)c1. The van der Waals surface area contributed by atoms with Crippen molar-refractivity contribution in [3.05, 3.63) is 42.1 Å². The number of nitrogens with zero attached hydrogens (tertiary/aromatic N) is 1. The van der Waals surface area contributed by atoms with Crippen LogP contribution in [0.25, 0.3) is 0 Å². The number of ether oxygens (including phenoxy) is 2. The van der Waals surface area contributed by atoms with Gasteiger partial charge in [0.25, 0.3) is 5.91 Å². The first kappa shape index (κ1) is 19.8. The molecular formula is C18H22N2O5P+. The molecule has 1 aromatic carbocycles. The molecule has 0 aliphatic rings. The van der Waals surface area contributed by atoms with Crippen LogP contribution in [0.5, 0.6) is 11.5 Å². The van der Waals surface area contributed by atoms with Crippen molar-refractivity contribution in [1.82, 2.24) is 4.98 Å². The maximum absolute atomic E-state index is 12.5. The van der Waals surface area contributed by atoms with E-state index in [-0.39, 0.29) is 23.1 Å². The van der Waals surface area contributed by atoms with Crippen molar-refractivity contribution < 1.29 is 23.7 Å². The zero-order valence-electron chi connectivity index (χ0n) is 14.9. The third-order valence-corrected chi connectivity index (χ3v) is 3.90. The number of nitrogens with one attached hydrogen (secondary N) is 1. The van der Waals surface area contributed by atoms with Gasteiger partial charge in [-0.25, -0.2) is 4.98 Å². The number of carbonyl (C=O) groups is 1. The van der Waals surface area contributed by atoms with Gasteiger partial charge in [-0.2, -0.15) is 4.89 Å². The predicted molar refractivity (Wildman–Crippen MR) is 99.6 cm³/mol. The Balaban J connectivity index is 2.21. The first-order valence-corrected chi connectivity index (χ1v) is 9.48. The van der Waals surface area contributed by atoms with E-state index >= 15 is 0 Å². The van der Waals surface area contributed by atoms with Crippen LogP contribution in [0.4, 0.5) is 5.82 Å². The van der Waals surface area contributed by atoms with E-state index in [1.54, 1.807) is 18.2 Å². The first-order chi connectivity index (χ1) is 12.4. The number of benzene rings is 1. The second kappa shape index (κ2) is 9.27. The van der Waals surface area contributed by atoms with Crippen molar-refractivity contribution in [2.24, 2.45) is 0 Å². The van der Waals surface area contributed by atoms with E-state index in [1.165, 1.54) is 18.3 Å². The van der Waals surface area contributed by atoms with Gasteiger partial charge in [0, 0.05) is 11.6 Å². The molecule has 0 bridgehead atoms. The molecule has 0 saturated heterocycles. The minimum absolute atomic E-state index is 0.0398. The summed E-state index contributed by atoms with van der Waals surface area (Å²) in [5, 5.41) is 2.85. The van der Waals surface area contributed by atoms with Gasteiger partial charge in [-0.1, -0.05) is 6.92 Å². The molecule has 7 nitrogen and oxygen atoms in total. The van der Waals surface area contributed by atoms with Gasteiger partial charge in [-0.3, -0.25) is 4.79 Å². The molecule has 1 amide bonds. The van der Waals surface area contributed by atoms with E-state index in [0.717, 1.165) is 6.42 Å². The van der Waals surface area contributed by atoms with Gasteiger partial charge in [-0.15, -0.1) is 0 Å². The highest BCUT2D eigenvalue weighted by Gasteiger charge is 2.17. The molecule has 0 fully saturated rings. The van der Waals surface area contributed by atoms with Crippen LogP contribution in [0.1, 0.15) is 37.6 Å². The van der Waals surface area contributed by atoms with Gasteiger partial charge in [0.15, 0.2) is 0 Å². The largest absolute Gasteiger partial charge is 0.547 e. The molecule has 26 heavy (non-hydrogen) atoms. The number of aromatic nitrogens is 1. The smallest absolute Gasteiger partial charge is 0.493 e. The maximum Gasteiger partial charge on any atom is 0.547 e. The second-order valence-corrected chi connectivity index (χ2v) is 6.90. The standard InChI is InChI=1S/C18H21N2O5P/c1-4-7-24-14-8-13(9-15(10-14)25-12(2)3)18(21)20-17-6-5-16(11-19-17)26(22)23/h5-6,8-12H,4,7H2,1-3H3,(H-,19,20,21,22,23)/p+1. The van der Waals surface area contributed by atoms with Gasteiger partial charge in [-0.05, 0) is 49.1 Å². The quantitative estimate of drug-likeness (QED) is 0.685. The molecule has 1 aromatic heterocycles. The Hall–Kier alpha value is -2.50.